The number of benzene rings is 2. The third kappa shape index (κ3) is 4.98. The zero-order chi connectivity index (χ0) is 23.7. The van der Waals surface area contributed by atoms with Crippen LogP contribution >= 0.6 is 23.2 Å². The van der Waals surface area contributed by atoms with E-state index in [1.54, 1.807) is 24.3 Å². The van der Waals surface area contributed by atoms with Gasteiger partial charge in [0.2, 0.25) is 11.8 Å². The minimum atomic E-state index is -0.143. The number of carbonyl (C=O) groups is 2. The number of rotatable bonds is 4. The number of pyridine rings is 2. The Morgan fingerprint density at radius 2 is 1.06 bits per heavy atom. The molecule has 0 spiro atoms. The number of nitrogens with zero attached hydrogens (tertiary/aromatic N) is 2. The van der Waals surface area contributed by atoms with E-state index in [9.17, 15) is 9.59 Å². The highest BCUT2D eigenvalue weighted by atomic mass is 35.5. The fraction of sp³-hybridized carbons (Fsp3) is 0.231. The zero-order valence-corrected chi connectivity index (χ0v) is 19.7. The summed E-state index contributed by atoms with van der Waals surface area (Å²) in [5, 5.41) is 8.97. The van der Waals surface area contributed by atoms with Crippen LogP contribution in [0.1, 0.15) is 25.7 Å². The molecule has 2 N–H and O–H groups in total. The van der Waals surface area contributed by atoms with E-state index in [0.717, 1.165) is 21.8 Å². The molecule has 1 saturated carbocycles. The Morgan fingerprint density at radius 1 is 0.647 bits per heavy atom. The molecule has 0 bridgehead atoms. The van der Waals surface area contributed by atoms with Crippen LogP contribution in [0.5, 0.6) is 0 Å². The molecule has 2 amide bonds. The minimum absolute atomic E-state index is 0.0606. The zero-order valence-electron chi connectivity index (χ0n) is 18.2. The molecular weight excluding hydrogens is 471 g/mol. The van der Waals surface area contributed by atoms with Crippen molar-refractivity contribution in [3.63, 3.8) is 0 Å². The summed E-state index contributed by atoms with van der Waals surface area (Å²) in [5.41, 5.74) is 1.54. The fourth-order valence-electron chi connectivity index (χ4n) is 4.41. The van der Waals surface area contributed by atoms with E-state index in [1.807, 2.05) is 36.4 Å². The number of anilines is 2. The summed E-state index contributed by atoms with van der Waals surface area (Å²) in [6.45, 7) is 0. The molecule has 1 fully saturated rings. The quantitative estimate of drug-likeness (QED) is 0.341. The van der Waals surface area contributed by atoms with Crippen LogP contribution in [-0.2, 0) is 9.59 Å². The molecule has 0 aliphatic heterocycles. The third-order valence-corrected chi connectivity index (χ3v) is 6.74. The van der Waals surface area contributed by atoms with Crippen molar-refractivity contribution in [2.24, 2.45) is 11.8 Å². The highest BCUT2D eigenvalue weighted by Crippen LogP contribution is 2.31. The van der Waals surface area contributed by atoms with Crippen molar-refractivity contribution in [1.29, 1.82) is 0 Å². The molecule has 0 unspecified atom stereocenters. The summed E-state index contributed by atoms with van der Waals surface area (Å²) in [5.74, 6) is 0.626. The third-order valence-electron chi connectivity index (χ3n) is 6.27. The summed E-state index contributed by atoms with van der Waals surface area (Å²) in [4.78, 5) is 34.6. The van der Waals surface area contributed by atoms with Crippen LogP contribution in [0.4, 0.5) is 11.6 Å². The lowest BCUT2D eigenvalue weighted by Gasteiger charge is -2.26. The van der Waals surface area contributed by atoms with Crippen LogP contribution in [0.2, 0.25) is 10.0 Å². The number of hydrogen-bond acceptors (Lipinski definition) is 4. The normalized spacial score (nSPS) is 18.1. The van der Waals surface area contributed by atoms with Crippen molar-refractivity contribution in [2.75, 3.05) is 10.6 Å². The maximum Gasteiger partial charge on any atom is 0.228 e. The fourth-order valence-corrected chi connectivity index (χ4v) is 4.77. The van der Waals surface area contributed by atoms with E-state index in [-0.39, 0.29) is 23.7 Å². The van der Waals surface area contributed by atoms with Gasteiger partial charge in [-0.2, -0.15) is 0 Å². The standard InChI is InChI=1S/C26H22Cl2N4O2/c27-19-7-9-21-17(13-19)5-11-23(29-21)31-25(33)15-1-2-16(4-3-15)26(34)32-24-12-6-18-14-20(28)8-10-22(18)30-24/h5-16H,1-4H2,(H,29,31,33)(H,30,32,34)/t15-,16-. The average Bonchev–Trinajstić information content (AvgIpc) is 2.84. The Balaban J connectivity index is 1.16. The number of aromatic nitrogens is 2. The number of fused-ring (bicyclic) bond motifs is 2. The number of carbonyl (C=O) groups excluding carboxylic acids is 2. The lowest BCUT2D eigenvalue weighted by atomic mass is 9.81. The Bertz CT molecular complexity index is 1290. The van der Waals surface area contributed by atoms with Gasteiger partial charge in [0.05, 0.1) is 11.0 Å². The smallest absolute Gasteiger partial charge is 0.228 e. The first-order valence-corrected chi connectivity index (χ1v) is 11.9. The first-order chi connectivity index (χ1) is 16.4. The van der Waals surface area contributed by atoms with Gasteiger partial charge in [0.1, 0.15) is 11.6 Å². The van der Waals surface area contributed by atoms with E-state index in [0.29, 0.717) is 47.4 Å². The van der Waals surface area contributed by atoms with Gasteiger partial charge in [-0.15, -0.1) is 0 Å². The molecular formula is C26H22Cl2N4O2. The second-order valence-electron chi connectivity index (χ2n) is 8.59. The molecule has 0 saturated heterocycles. The SMILES string of the molecule is O=C(Nc1ccc2cc(Cl)ccc2n1)[C@H]1CC[C@H](C(=O)Nc2ccc3cc(Cl)ccc3n2)CC1. The maximum atomic E-state index is 12.8. The van der Waals surface area contributed by atoms with Crippen molar-refractivity contribution >= 4 is 68.5 Å². The lowest BCUT2D eigenvalue weighted by Crippen LogP contribution is -2.32. The molecule has 172 valence electrons. The van der Waals surface area contributed by atoms with Gasteiger partial charge < -0.3 is 10.6 Å². The lowest BCUT2D eigenvalue weighted by molar-refractivity contribution is -0.125. The number of hydrogen-bond donors (Lipinski definition) is 2. The van der Waals surface area contributed by atoms with E-state index < -0.39 is 0 Å². The van der Waals surface area contributed by atoms with Crippen LogP contribution in [0.15, 0.2) is 60.7 Å². The molecule has 34 heavy (non-hydrogen) atoms. The Hall–Kier alpha value is -3.22. The number of nitrogens with one attached hydrogen (secondary N) is 2. The van der Waals surface area contributed by atoms with Crippen LogP contribution in [0, 0.1) is 11.8 Å². The van der Waals surface area contributed by atoms with Crippen molar-refractivity contribution in [2.45, 2.75) is 25.7 Å². The van der Waals surface area contributed by atoms with E-state index in [4.69, 9.17) is 23.2 Å². The topological polar surface area (TPSA) is 84.0 Å². The van der Waals surface area contributed by atoms with Crippen LogP contribution in [-0.4, -0.2) is 21.8 Å². The highest BCUT2D eigenvalue weighted by molar-refractivity contribution is 6.31. The predicted octanol–water partition coefficient (Wildman–Crippen LogP) is 6.47. The molecule has 2 aromatic carbocycles. The number of halogens is 2. The first-order valence-electron chi connectivity index (χ1n) is 11.2. The first kappa shape index (κ1) is 22.6. The average molecular weight is 493 g/mol. The molecule has 6 nitrogen and oxygen atoms in total. The summed E-state index contributed by atoms with van der Waals surface area (Å²) in [7, 11) is 0. The van der Waals surface area contributed by atoms with Gasteiger partial charge in [0.25, 0.3) is 0 Å². The monoisotopic (exact) mass is 492 g/mol. The molecule has 0 radical (unpaired) electrons. The molecule has 1 aliphatic rings. The van der Waals surface area contributed by atoms with Crippen LogP contribution < -0.4 is 10.6 Å². The molecule has 0 atom stereocenters. The van der Waals surface area contributed by atoms with E-state index in [2.05, 4.69) is 20.6 Å². The summed E-state index contributed by atoms with van der Waals surface area (Å²) in [6, 6.07) is 18.2. The largest absolute Gasteiger partial charge is 0.310 e. The van der Waals surface area contributed by atoms with Crippen molar-refractivity contribution < 1.29 is 9.59 Å². The van der Waals surface area contributed by atoms with Crippen molar-refractivity contribution in [3.8, 4) is 0 Å². The van der Waals surface area contributed by atoms with Gasteiger partial charge >= 0.3 is 0 Å². The van der Waals surface area contributed by atoms with Crippen molar-refractivity contribution in [1.82, 2.24) is 9.97 Å². The van der Waals surface area contributed by atoms with Crippen molar-refractivity contribution in [3.05, 3.63) is 70.7 Å². The maximum absolute atomic E-state index is 12.8. The van der Waals surface area contributed by atoms with Gasteiger partial charge in [-0.25, -0.2) is 9.97 Å². The second kappa shape index (κ2) is 9.57. The van der Waals surface area contributed by atoms with Gasteiger partial charge in [-0.05, 0) is 86.3 Å². The van der Waals surface area contributed by atoms with Crippen LogP contribution in [0.25, 0.3) is 21.8 Å². The number of amides is 2. The summed E-state index contributed by atoms with van der Waals surface area (Å²) >= 11 is 12.0. The molecule has 5 rings (SSSR count). The Morgan fingerprint density at radius 3 is 1.47 bits per heavy atom. The highest BCUT2D eigenvalue weighted by Gasteiger charge is 2.30. The minimum Gasteiger partial charge on any atom is -0.310 e. The van der Waals surface area contributed by atoms with E-state index >= 15 is 0 Å². The van der Waals surface area contributed by atoms with E-state index in [1.165, 1.54) is 0 Å². The Labute approximate surface area is 206 Å². The van der Waals surface area contributed by atoms with Gasteiger partial charge in [0.15, 0.2) is 0 Å². The van der Waals surface area contributed by atoms with Gasteiger partial charge in [-0.1, -0.05) is 23.2 Å². The molecule has 2 heterocycles. The van der Waals surface area contributed by atoms with Crippen LogP contribution in [0.3, 0.4) is 0 Å². The van der Waals surface area contributed by atoms with Gasteiger partial charge in [0, 0.05) is 32.7 Å². The predicted molar refractivity (Wildman–Crippen MR) is 136 cm³/mol. The van der Waals surface area contributed by atoms with Gasteiger partial charge in [-0.3, -0.25) is 9.59 Å². The molecule has 4 aromatic rings. The molecule has 8 heteroatoms. The molecule has 2 aromatic heterocycles. The Kier molecular flexibility index (Phi) is 6.35. The second-order valence-corrected chi connectivity index (χ2v) is 9.47. The molecule has 1 aliphatic carbocycles. The summed E-state index contributed by atoms with van der Waals surface area (Å²) in [6.07, 6.45) is 2.60. The summed E-state index contributed by atoms with van der Waals surface area (Å²) < 4.78 is 0.